The normalized spacial score (nSPS) is 27.7. The third-order valence-corrected chi connectivity index (χ3v) is 4.01. The summed E-state index contributed by atoms with van der Waals surface area (Å²) in [4.78, 5) is 4.55. The zero-order chi connectivity index (χ0) is 11.7. The number of nitrogens with zero attached hydrogens (tertiary/aromatic N) is 2. The molecule has 0 unspecified atom stereocenters. The Labute approximate surface area is 101 Å². The van der Waals surface area contributed by atoms with E-state index >= 15 is 0 Å². The standard InChI is InChI=1S/C12H19N3O2/c1-16-12(6-2-3-7-12)11-14-10(17-15-11)9-5-4-8-13-9/h9,13H,2-8H2,1H3/t9-/m1/s1. The molecule has 0 spiro atoms. The van der Waals surface area contributed by atoms with Crippen LogP contribution in [0.5, 0.6) is 0 Å². The van der Waals surface area contributed by atoms with Gasteiger partial charge in [-0.25, -0.2) is 0 Å². The molecule has 1 saturated heterocycles. The Bertz CT molecular complexity index is 379. The van der Waals surface area contributed by atoms with Crippen molar-refractivity contribution in [3.05, 3.63) is 11.7 Å². The van der Waals surface area contributed by atoms with Gasteiger partial charge in [0.05, 0.1) is 6.04 Å². The summed E-state index contributed by atoms with van der Waals surface area (Å²) in [6.07, 6.45) is 6.62. The second-order valence-corrected chi connectivity index (χ2v) is 5.01. The maximum absolute atomic E-state index is 5.66. The number of rotatable bonds is 3. The average Bonchev–Trinajstić information content (AvgIpc) is 3.10. The van der Waals surface area contributed by atoms with Crippen molar-refractivity contribution in [1.29, 1.82) is 0 Å². The van der Waals surface area contributed by atoms with Crippen molar-refractivity contribution in [2.24, 2.45) is 0 Å². The van der Waals surface area contributed by atoms with Gasteiger partial charge >= 0.3 is 0 Å². The molecule has 2 aliphatic rings. The highest BCUT2D eigenvalue weighted by molar-refractivity contribution is 5.06. The van der Waals surface area contributed by atoms with E-state index in [0.717, 1.165) is 37.5 Å². The number of hydrogen-bond donors (Lipinski definition) is 1. The molecule has 1 aliphatic carbocycles. The summed E-state index contributed by atoms with van der Waals surface area (Å²) in [6, 6.07) is 0.242. The van der Waals surface area contributed by atoms with Crippen molar-refractivity contribution in [2.45, 2.75) is 50.2 Å². The summed E-state index contributed by atoms with van der Waals surface area (Å²) in [6.45, 7) is 1.04. The molecule has 0 amide bonds. The Hall–Kier alpha value is -0.940. The van der Waals surface area contributed by atoms with Crippen LogP contribution in [0.4, 0.5) is 0 Å². The van der Waals surface area contributed by atoms with Gasteiger partial charge in [-0.05, 0) is 45.1 Å². The van der Waals surface area contributed by atoms with Crippen LogP contribution in [0.1, 0.15) is 56.3 Å². The van der Waals surface area contributed by atoms with Crippen molar-refractivity contribution in [1.82, 2.24) is 15.5 Å². The molecule has 0 bridgehead atoms. The molecule has 2 fully saturated rings. The van der Waals surface area contributed by atoms with Gasteiger partial charge < -0.3 is 14.6 Å². The molecule has 17 heavy (non-hydrogen) atoms. The first-order valence-corrected chi connectivity index (χ1v) is 6.47. The Morgan fingerprint density at radius 1 is 1.35 bits per heavy atom. The quantitative estimate of drug-likeness (QED) is 0.870. The summed E-state index contributed by atoms with van der Waals surface area (Å²) in [7, 11) is 1.75. The Morgan fingerprint density at radius 3 is 2.82 bits per heavy atom. The highest BCUT2D eigenvalue weighted by Crippen LogP contribution is 2.40. The van der Waals surface area contributed by atoms with E-state index in [1.165, 1.54) is 19.3 Å². The molecular weight excluding hydrogens is 218 g/mol. The molecule has 2 heterocycles. The van der Waals surface area contributed by atoms with E-state index in [2.05, 4.69) is 15.5 Å². The van der Waals surface area contributed by atoms with E-state index in [1.54, 1.807) is 7.11 Å². The first-order valence-electron chi connectivity index (χ1n) is 6.47. The lowest BCUT2D eigenvalue weighted by molar-refractivity contribution is -0.0178. The maximum atomic E-state index is 5.66. The molecule has 1 N–H and O–H groups in total. The van der Waals surface area contributed by atoms with Crippen molar-refractivity contribution in [3.8, 4) is 0 Å². The average molecular weight is 237 g/mol. The minimum absolute atomic E-state index is 0.242. The van der Waals surface area contributed by atoms with Crippen LogP contribution in [0.2, 0.25) is 0 Å². The van der Waals surface area contributed by atoms with Gasteiger partial charge in [0.2, 0.25) is 11.7 Å². The molecule has 1 saturated carbocycles. The van der Waals surface area contributed by atoms with Gasteiger partial charge in [0.1, 0.15) is 5.60 Å². The third kappa shape index (κ3) is 1.87. The number of nitrogens with one attached hydrogen (secondary N) is 1. The fraction of sp³-hybridized carbons (Fsp3) is 0.833. The zero-order valence-electron chi connectivity index (χ0n) is 10.2. The third-order valence-electron chi connectivity index (χ3n) is 4.01. The zero-order valence-corrected chi connectivity index (χ0v) is 10.2. The second kappa shape index (κ2) is 4.38. The van der Waals surface area contributed by atoms with Gasteiger partial charge in [-0.15, -0.1) is 0 Å². The van der Waals surface area contributed by atoms with Crippen molar-refractivity contribution in [3.63, 3.8) is 0 Å². The van der Waals surface area contributed by atoms with Gasteiger partial charge in [0.25, 0.3) is 0 Å². The van der Waals surface area contributed by atoms with E-state index in [1.807, 2.05) is 0 Å². The number of methoxy groups -OCH3 is 1. The fourth-order valence-electron chi connectivity index (χ4n) is 2.92. The SMILES string of the molecule is COC1(c2noc([C@H]3CCCN3)n2)CCCC1. The summed E-state index contributed by atoms with van der Waals surface area (Å²) >= 11 is 0. The van der Waals surface area contributed by atoms with Crippen LogP contribution in [0.3, 0.4) is 0 Å². The van der Waals surface area contributed by atoms with Gasteiger partial charge in [-0.3, -0.25) is 0 Å². The van der Waals surface area contributed by atoms with Gasteiger partial charge in [-0.2, -0.15) is 4.98 Å². The molecule has 1 aromatic heterocycles. The lowest BCUT2D eigenvalue weighted by Gasteiger charge is -2.22. The van der Waals surface area contributed by atoms with E-state index in [-0.39, 0.29) is 11.6 Å². The molecule has 1 atom stereocenters. The van der Waals surface area contributed by atoms with Crippen molar-refractivity contribution < 1.29 is 9.26 Å². The maximum Gasteiger partial charge on any atom is 0.243 e. The smallest absolute Gasteiger partial charge is 0.243 e. The first kappa shape index (κ1) is 11.2. The molecule has 5 heteroatoms. The van der Waals surface area contributed by atoms with Crippen molar-refractivity contribution >= 4 is 0 Å². The molecule has 94 valence electrons. The van der Waals surface area contributed by atoms with Crippen LogP contribution < -0.4 is 5.32 Å². The number of ether oxygens (including phenoxy) is 1. The molecular formula is C12H19N3O2. The minimum Gasteiger partial charge on any atom is -0.370 e. The van der Waals surface area contributed by atoms with Gasteiger partial charge in [-0.1, -0.05) is 5.16 Å². The fourth-order valence-corrected chi connectivity index (χ4v) is 2.92. The molecule has 5 nitrogen and oxygen atoms in total. The Balaban J connectivity index is 1.83. The van der Waals surface area contributed by atoms with Crippen LogP contribution in [0.15, 0.2) is 4.52 Å². The Kier molecular flexibility index (Phi) is 2.88. The Morgan fingerprint density at radius 2 is 2.18 bits per heavy atom. The van der Waals surface area contributed by atoms with Crippen LogP contribution in [0, 0.1) is 0 Å². The highest BCUT2D eigenvalue weighted by Gasteiger charge is 2.40. The summed E-state index contributed by atoms with van der Waals surface area (Å²) in [5, 5.41) is 7.50. The molecule has 0 aromatic carbocycles. The minimum atomic E-state index is -0.291. The first-order chi connectivity index (χ1) is 8.34. The van der Waals surface area contributed by atoms with E-state index in [0.29, 0.717) is 0 Å². The topological polar surface area (TPSA) is 60.2 Å². The van der Waals surface area contributed by atoms with E-state index in [4.69, 9.17) is 9.26 Å². The predicted molar refractivity (Wildman–Crippen MR) is 61.4 cm³/mol. The largest absolute Gasteiger partial charge is 0.370 e. The van der Waals surface area contributed by atoms with Gasteiger partial charge in [0, 0.05) is 7.11 Å². The lowest BCUT2D eigenvalue weighted by atomic mass is 10.0. The van der Waals surface area contributed by atoms with Crippen molar-refractivity contribution in [2.75, 3.05) is 13.7 Å². The molecule has 0 radical (unpaired) electrons. The monoisotopic (exact) mass is 237 g/mol. The number of aromatic nitrogens is 2. The van der Waals surface area contributed by atoms with Crippen LogP contribution in [-0.4, -0.2) is 23.8 Å². The second-order valence-electron chi connectivity index (χ2n) is 5.01. The van der Waals surface area contributed by atoms with Crippen LogP contribution in [-0.2, 0) is 10.3 Å². The molecule has 3 rings (SSSR count). The summed E-state index contributed by atoms with van der Waals surface area (Å²) < 4.78 is 11.0. The molecule has 1 aromatic rings. The predicted octanol–water partition coefficient (Wildman–Crippen LogP) is 1.91. The highest BCUT2D eigenvalue weighted by atomic mass is 16.5. The summed E-state index contributed by atoms with van der Waals surface area (Å²) in [5.74, 6) is 1.46. The number of hydrogen-bond acceptors (Lipinski definition) is 5. The molecule has 1 aliphatic heterocycles. The lowest BCUT2D eigenvalue weighted by Crippen LogP contribution is -2.26. The van der Waals surface area contributed by atoms with Gasteiger partial charge in [0.15, 0.2) is 0 Å². The van der Waals surface area contributed by atoms with Crippen LogP contribution in [0.25, 0.3) is 0 Å². The van der Waals surface area contributed by atoms with E-state index in [9.17, 15) is 0 Å². The van der Waals surface area contributed by atoms with Crippen LogP contribution >= 0.6 is 0 Å². The summed E-state index contributed by atoms with van der Waals surface area (Å²) in [5.41, 5.74) is -0.291. The van der Waals surface area contributed by atoms with E-state index < -0.39 is 0 Å².